The molecular formula is C21H25ClN2O2S. The van der Waals surface area contributed by atoms with E-state index in [-0.39, 0.29) is 30.1 Å². The van der Waals surface area contributed by atoms with Crippen molar-refractivity contribution in [1.29, 1.82) is 0 Å². The van der Waals surface area contributed by atoms with Crippen LogP contribution < -0.4 is 5.32 Å². The van der Waals surface area contributed by atoms with Crippen LogP contribution in [0.15, 0.2) is 35.7 Å². The average molecular weight is 405 g/mol. The van der Waals surface area contributed by atoms with Gasteiger partial charge in [-0.15, -0.1) is 23.7 Å². The Morgan fingerprint density at radius 1 is 1.26 bits per heavy atom. The highest BCUT2D eigenvalue weighted by atomic mass is 35.5. The number of thiophene rings is 1. The Kier molecular flexibility index (Phi) is 6.04. The predicted molar refractivity (Wildman–Crippen MR) is 111 cm³/mol. The number of hydrogen-bond acceptors (Lipinski definition) is 4. The second-order valence-electron chi connectivity index (χ2n) is 7.48. The van der Waals surface area contributed by atoms with Crippen LogP contribution in [0.5, 0.6) is 0 Å². The molecule has 0 bridgehead atoms. The SMILES string of the molecule is CC(=O)c1cc(CC(=O)N2C[C@@H]3CNC[C@@H]3[C@H]2c2ccccc2C)cs1.Cl. The number of Topliss-reactive ketones (excluding diaryl/α,β-unsaturated/α-hetero) is 1. The number of rotatable bonds is 4. The lowest BCUT2D eigenvalue weighted by molar-refractivity contribution is -0.131. The van der Waals surface area contributed by atoms with Crippen LogP contribution in [0, 0.1) is 18.8 Å². The van der Waals surface area contributed by atoms with Gasteiger partial charge in [-0.05, 0) is 47.9 Å². The van der Waals surface area contributed by atoms with Gasteiger partial charge in [0.05, 0.1) is 17.3 Å². The van der Waals surface area contributed by atoms with Gasteiger partial charge in [-0.1, -0.05) is 24.3 Å². The minimum Gasteiger partial charge on any atom is -0.335 e. The molecule has 144 valence electrons. The van der Waals surface area contributed by atoms with Gasteiger partial charge in [0, 0.05) is 25.6 Å². The molecule has 0 radical (unpaired) electrons. The molecule has 0 unspecified atom stereocenters. The first-order chi connectivity index (χ1) is 12.5. The monoisotopic (exact) mass is 404 g/mol. The van der Waals surface area contributed by atoms with Crippen molar-refractivity contribution < 1.29 is 9.59 Å². The zero-order chi connectivity index (χ0) is 18.3. The maximum absolute atomic E-state index is 13.1. The summed E-state index contributed by atoms with van der Waals surface area (Å²) in [6.45, 7) is 6.48. The van der Waals surface area contributed by atoms with Crippen LogP contribution in [-0.2, 0) is 11.2 Å². The van der Waals surface area contributed by atoms with Crippen LogP contribution in [0.4, 0.5) is 0 Å². The number of amides is 1. The van der Waals surface area contributed by atoms with E-state index < -0.39 is 0 Å². The summed E-state index contributed by atoms with van der Waals surface area (Å²) in [6.07, 6.45) is 0.374. The van der Waals surface area contributed by atoms with Gasteiger partial charge < -0.3 is 10.2 Å². The fourth-order valence-electron chi connectivity index (χ4n) is 4.42. The topological polar surface area (TPSA) is 49.4 Å². The molecule has 6 heteroatoms. The molecule has 1 aromatic carbocycles. The van der Waals surface area contributed by atoms with Crippen LogP contribution in [-0.4, -0.2) is 36.2 Å². The number of carbonyl (C=O) groups excluding carboxylic acids is 2. The number of ketones is 1. The van der Waals surface area contributed by atoms with E-state index in [1.807, 2.05) is 11.4 Å². The molecule has 2 saturated heterocycles. The first-order valence-electron chi connectivity index (χ1n) is 9.18. The largest absolute Gasteiger partial charge is 0.335 e. The number of fused-ring (bicyclic) bond motifs is 1. The van der Waals surface area contributed by atoms with E-state index in [4.69, 9.17) is 0 Å². The van der Waals surface area contributed by atoms with Crippen LogP contribution in [0.3, 0.4) is 0 Å². The first-order valence-corrected chi connectivity index (χ1v) is 10.1. The number of carbonyl (C=O) groups is 2. The minimum atomic E-state index is 0. The van der Waals surface area contributed by atoms with Crippen molar-refractivity contribution >= 4 is 35.4 Å². The van der Waals surface area contributed by atoms with Crippen LogP contribution in [0.25, 0.3) is 0 Å². The molecule has 2 aliphatic rings. The highest BCUT2D eigenvalue weighted by Crippen LogP contribution is 2.43. The smallest absolute Gasteiger partial charge is 0.227 e. The zero-order valence-corrected chi connectivity index (χ0v) is 17.2. The van der Waals surface area contributed by atoms with Gasteiger partial charge in [0.1, 0.15) is 0 Å². The molecule has 3 atom stereocenters. The van der Waals surface area contributed by atoms with E-state index in [0.717, 1.165) is 30.1 Å². The summed E-state index contributed by atoms with van der Waals surface area (Å²) < 4.78 is 0. The third kappa shape index (κ3) is 3.82. The third-order valence-electron chi connectivity index (χ3n) is 5.75. The van der Waals surface area contributed by atoms with Crippen molar-refractivity contribution in [3.05, 3.63) is 57.3 Å². The van der Waals surface area contributed by atoms with Crippen molar-refractivity contribution in [3.63, 3.8) is 0 Å². The van der Waals surface area contributed by atoms with E-state index in [0.29, 0.717) is 18.3 Å². The lowest BCUT2D eigenvalue weighted by atomic mass is 9.87. The Labute approximate surface area is 170 Å². The Balaban J connectivity index is 0.00000210. The van der Waals surface area contributed by atoms with Gasteiger partial charge in [-0.25, -0.2) is 0 Å². The van der Waals surface area contributed by atoms with Gasteiger partial charge in [0.2, 0.25) is 5.91 Å². The Morgan fingerprint density at radius 2 is 2.04 bits per heavy atom. The predicted octanol–water partition coefficient (Wildman–Crippen LogP) is 3.64. The van der Waals surface area contributed by atoms with E-state index >= 15 is 0 Å². The molecule has 1 aromatic heterocycles. The second-order valence-corrected chi connectivity index (χ2v) is 8.39. The van der Waals surface area contributed by atoms with Gasteiger partial charge >= 0.3 is 0 Å². The number of nitrogens with zero attached hydrogens (tertiary/aromatic N) is 1. The number of hydrogen-bond donors (Lipinski definition) is 1. The number of likely N-dealkylation sites (tertiary alicyclic amines) is 1. The standard InChI is InChI=1S/C21H24N2O2S.ClH/c1-13-5-3-4-6-17(13)21-18-10-22-9-16(18)11-23(21)20(25)8-15-7-19(14(2)24)26-12-15;/h3-7,12,16,18,21-22H,8-11H2,1-2H3;1H/t16-,18-,21+;/m0./s1. The number of halogens is 1. The Bertz CT molecular complexity index is 850. The quantitative estimate of drug-likeness (QED) is 0.791. The van der Waals surface area contributed by atoms with Crippen LogP contribution >= 0.6 is 23.7 Å². The van der Waals surface area contributed by atoms with Crippen molar-refractivity contribution in [3.8, 4) is 0 Å². The summed E-state index contributed by atoms with van der Waals surface area (Å²) in [7, 11) is 0. The molecule has 1 N–H and O–H groups in total. The second kappa shape index (κ2) is 8.13. The molecular weight excluding hydrogens is 380 g/mol. The number of benzene rings is 1. The molecule has 27 heavy (non-hydrogen) atoms. The number of nitrogens with one attached hydrogen (secondary N) is 1. The van der Waals surface area contributed by atoms with Crippen molar-refractivity contribution in [1.82, 2.24) is 10.2 Å². The maximum Gasteiger partial charge on any atom is 0.227 e. The molecule has 0 saturated carbocycles. The minimum absolute atomic E-state index is 0. The molecule has 3 heterocycles. The summed E-state index contributed by atoms with van der Waals surface area (Å²) >= 11 is 1.43. The summed E-state index contributed by atoms with van der Waals surface area (Å²) in [6, 6.07) is 10.4. The molecule has 2 aromatic rings. The molecule has 1 amide bonds. The highest BCUT2D eigenvalue weighted by molar-refractivity contribution is 7.12. The van der Waals surface area contributed by atoms with E-state index in [1.54, 1.807) is 6.92 Å². The number of aryl methyl sites for hydroxylation is 1. The molecule has 0 spiro atoms. The van der Waals surface area contributed by atoms with E-state index in [9.17, 15) is 9.59 Å². The summed E-state index contributed by atoms with van der Waals surface area (Å²) in [5.74, 6) is 1.24. The average Bonchev–Trinajstić information content (AvgIpc) is 3.30. The van der Waals surface area contributed by atoms with Crippen molar-refractivity contribution in [2.45, 2.75) is 26.3 Å². The van der Waals surface area contributed by atoms with Gasteiger partial charge in [-0.3, -0.25) is 9.59 Å². The molecule has 2 aliphatic heterocycles. The summed E-state index contributed by atoms with van der Waals surface area (Å²) in [5.41, 5.74) is 3.47. The fourth-order valence-corrected chi connectivity index (χ4v) is 5.24. The molecule has 4 nitrogen and oxygen atoms in total. The third-order valence-corrected chi connectivity index (χ3v) is 6.83. The first kappa shape index (κ1) is 20.1. The lowest BCUT2D eigenvalue weighted by Crippen LogP contribution is -2.35. The lowest BCUT2D eigenvalue weighted by Gasteiger charge is -2.29. The summed E-state index contributed by atoms with van der Waals surface area (Å²) in [5, 5.41) is 5.44. The van der Waals surface area contributed by atoms with Gasteiger partial charge in [0.25, 0.3) is 0 Å². The molecule has 4 rings (SSSR count). The Hall–Kier alpha value is -1.69. The van der Waals surface area contributed by atoms with Crippen LogP contribution in [0.1, 0.15) is 39.3 Å². The zero-order valence-electron chi connectivity index (χ0n) is 15.6. The van der Waals surface area contributed by atoms with Crippen molar-refractivity contribution in [2.75, 3.05) is 19.6 Å². The maximum atomic E-state index is 13.1. The van der Waals surface area contributed by atoms with Gasteiger partial charge in [0.15, 0.2) is 5.78 Å². The molecule has 2 fully saturated rings. The van der Waals surface area contributed by atoms with E-state index in [2.05, 4.69) is 41.4 Å². The Morgan fingerprint density at radius 3 is 2.74 bits per heavy atom. The van der Waals surface area contributed by atoms with Crippen LogP contribution in [0.2, 0.25) is 0 Å². The van der Waals surface area contributed by atoms with Crippen molar-refractivity contribution in [2.24, 2.45) is 11.8 Å². The van der Waals surface area contributed by atoms with E-state index in [1.165, 1.54) is 22.5 Å². The normalized spacial score (nSPS) is 23.8. The fraction of sp³-hybridized carbons (Fsp3) is 0.429. The molecule has 0 aliphatic carbocycles. The van der Waals surface area contributed by atoms with Gasteiger partial charge in [-0.2, -0.15) is 0 Å². The summed E-state index contributed by atoms with van der Waals surface area (Å²) in [4.78, 5) is 27.5. The highest BCUT2D eigenvalue weighted by Gasteiger charge is 2.46.